The van der Waals surface area contributed by atoms with Gasteiger partial charge in [-0.2, -0.15) is 0 Å². The van der Waals surface area contributed by atoms with Crippen LogP contribution >= 0.6 is 22.6 Å². The molecule has 2 atom stereocenters. The Hall–Kier alpha value is -0.370. The molecule has 0 bridgehead atoms. The second kappa shape index (κ2) is 7.15. The molecule has 0 aromatic heterocycles. The van der Waals surface area contributed by atoms with Gasteiger partial charge in [-0.3, -0.25) is 0 Å². The van der Waals surface area contributed by atoms with Gasteiger partial charge in [0.2, 0.25) is 0 Å². The number of aromatic hydroxyl groups is 1. The minimum absolute atomic E-state index is 0.0422. The third-order valence-electron chi connectivity index (χ3n) is 2.45. The van der Waals surface area contributed by atoms with Crippen molar-refractivity contribution in [3.05, 3.63) is 27.3 Å². The number of phenols is 1. The van der Waals surface area contributed by atoms with Crippen LogP contribution in [0.4, 0.5) is 0 Å². The quantitative estimate of drug-likeness (QED) is 0.683. The maximum Gasteiger partial charge on any atom is 0.121 e. The van der Waals surface area contributed by atoms with E-state index >= 15 is 0 Å². The van der Waals surface area contributed by atoms with Crippen LogP contribution in [0.25, 0.3) is 0 Å². The third-order valence-corrected chi connectivity index (χ3v) is 3.13. The zero-order chi connectivity index (χ0) is 12.8. The van der Waals surface area contributed by atoms with Crippen molar-refractivity contribution in [1.82, 2.24) is 0 Å². The molecule has 1 rings (SSSR count). The van der Waals surface area contributed by atoms with Crippen molar-refractivity contribution < 1.29 is 20.1 Å². The van der Waals surface area contributed by atoms with Gasteiger partial charge in [0.1, 0.15) is 11.9 Å². The molecule has 0 aliphatic carbocycles. The SMILES string of the molecule is CCO[C@H](CCO)[C@H](O)c1cc(I)ccc1O. The Bertz CT molecular complexity index is 350. The topological polar surface area (TPSA) is 69.9 Å². The van der Waals surface area contributed by atoms with Crippen molar-refractivity contribution in [2.24, 2.45) is 0 Å². The smallest absolute Gasteiger partial charge is 0.121 e. The number of halogens is 1. The highest BCUT2D eigenvalue weighted by molar-refractivity contribution is 14.1. The fraction of sp³-hybridized carbons (Fsp3) is 0.500. The van der Waals surface area contributed by atoms with Gasteiger partial charge in [0, 0.05) is 22.3 Å². The summed E-state index contributed by atoms with van der Waals surface area (Å²) in [6.07, 6.45) is -1.11. The average Bonchev–Trinajstić information content (AvgIpc) is 2.31. The van der Waals surface area contributed by atoms with Crippen molar-refractivity contribution in [2.45, 2.75) is 25.6 Å². The average molecular weight is 352 g/mol. The molecule has 0 aliphatic rings. The lowest BCUT2D eigenvalue weighted by molar-refractivity contribution is -0.0456. The van der Waals surface area contributed by atoms with E-state index in [-0.39, 0.29) is 12.4 Å². The monoisotopic (exact) mass is 352 g/mol. The summed E-state index contributed by atoms with van der Waals surface area (Å²) in [6.45, 7) is 2.21. The standard InChI is InChI=1S/C12H17IO4/c1-2-17-11(5-6-14)12(16)9-7-8(13)3-4-10(9)15/h3-4,7,11-12,14-16H,2,5-6H2,1H3/t11-,12-/m1/s1. The zero-order valence-electron chi connectivity index (χ0n) is 9.64. The molecular formula is C12H17IO4. The van der Waals surface area contributed by atoms with Crippen LogP contribution in [-0.2, 0) is 4.74 Å². The molecule has 0 amide bonds. The molecule has 0 unspecified atom stereocenters. The fourth-order valence-electron chi connectivity index (χ4n) is 1.64. The molecule has 5 heteroatoms. The molecule has 0 heterocycles. The fourth-order valence-corrected chi connectivity index (χ4v) is 2.15. The first-order valence-corrected chi connectivity index (χ1v) is 6.57. The van der Waals surface area contributed by atoms with Crippen LogP contribution in [0.5, 0.6) is 5.75 Å². The van der Waals surface area contributed by atoms with Gasteiger partial charge >= 0.3 is 0 Å². The molecule has 0 aliphatic heterocycles. The maximum atomic E-state index is 10.1. The van der Waals surface area contributed by atoms with Gasteiger partial charge in [-0.1, -0.05) is 0 Å². The lowest BCUT2D eigenvalue weighted by Gasteiger charge is -2.23. The van der Waals surface area contributed by atoms with Crippen LogP contribution in [0, 0.1) is 3.57 Å². The number of aliphatic hydroxyl groups excluding tert-OH is 2. The summed E-state index contributed by atoms with van der Waals surface area (Å²) in [5, 5.41) is 28.8. The highest BCUT2D eigenvalue weighted by atomic mass is 127. The number of phenolic OH excluding ortho intramolecular Hbond substituents is 1. The van der Waals surface area contributed by atoms with Gasteiger partial charge in [-0.25, -0.2) is 0 Å². The van der Waals surface area contributed by atoms with Crippen LogP contribution in [0.3, 0.4) is 0 Å². The first-order chi connectivity index (χ1) is 8.10. The minimum Gasteiger partial charge on any atom is -0.508 e. The molecule has 0 spiro atoms. The number of benzene rings is 1. The predicted molar refractivity (Wildman–Crippen MR) is 72.9 cm³/mol. The van der Waals surface area contributed by atoms with E-state index in [2.05, 4.69) is 22.6 Å². The van der Waals surface area contributed by atoms with E-state index < -0.39 is 12.2 Å². The highest BCUT2D eigenvalue weighted by Gasteiger charge is 2.23. The summed E-state index contributed by atoms with van der Waals surface area (Å²) in [5.41, 5.74) is 0.434. The van der Waals surface area contributed by atoms with Gasteiger partial charge in [0.25, 0.3) is 0 Å². The molecule has 96 valence electrons. The number of aliphatic hydroxyl groups is 2. The van der Waals surface area contributed by atoms with E-state index in [0.717, 1.165) is 3.57 Å². The van der Waals surface area contributed by atoms with E-state index in [1.807, 2.05) is 6.92 Å². The Morgan fingerprint density at radius 2 is 2.12 bits per heavy atom. The molecule has 0 saturated carbocycles. The van der Waals surface area contributed by atoms with Gasteiger partial charge in [-0.05, 0) is 54.1 Å². The molecule has 0 fully saturated rings. The largest absolute Gasteiger partial charge is 0.508 e. The molecule has 0 saturated heterocycles. The van der Waals surface area contributed by atoms with E-state index in [1.165, 1.54) is 0 Å². The van der Waals surface area contributed by atoms with Crippen molar-refractivity contribution in [2.75, 3.05) is 13.2 Å². The maximum absolute atomic E-state index is 10.1. The normalized spacial score (nSPS) is 14.6. The van der Waals surface area contributed by atoms with Gasteiger partial charge in [-0.15, -0.1) is 0 Å². The lowest BCUT2D eigenvalue weighted by Crippen LogP contribution is -2.23. The van der Waals surface area contributed by atoms with Gasteiger partial charge in [0.15, 0.2) is 0 Å². The summed E-state index contributed by atoms with van der Waals surface area (Å²) >= 11 is 2.11. The Morgan fingerprint density at radius 1 is 1.41 bits per heavy atom. The van der Waals surface area contributed by atoms with E-state index in [0.29, 0.717) is 18.6 Å². The Balaban J connectivity index is 2.91. The van der Waals surface area contributed by atoms with E-state index in [1.54, 1.807) is 18.2 Å². The van der Waals surface area contributed by atoms with Crippen LogP contribution in [0.2, 0.25) is 0 Å². The van der Waals surface area contributed by atoms with Crippen LogP contribution in [0.15, 0.2) is 18.2 Å². The molecule has 3 N–H and O–H groups in total. The minimum atomic E-state index is -0.934. The lowest BCUT2D eigenvalue weighted by atomic mass is 10.0. The first kappa shape index (κ1) is 14.7. The van der Waals surface area contributed by atoms with E-state index in [9.17, 15) is 10.2 Å². The molecule has 1 aromatic carbocycles. The summed E-state index contributed by atoms with van der Waals surface area (Å²) in [5.74, 6) is 0.0422. The number of hydrogen-bond acceptors (Lipinski definition) is 4. The first-order valence-electron chi connectivity index (χ1n) is 5.49. The summed E-state index contributed by atoms with van der Waals surface area (Å²) in [6, 6.07) is 5.01. The highest BCUT2D eigenvalue weighted by Crippen LogP contribution is 2.30. The molecule has 4 nitrogen and oxygen atoms in total. The summed E-state index contributed by atoms with van der Waals surface area (Å²) in [4.78, 5) is 0. The predicted octanol–water partition coefficient (Wildman–Crippen LogP) is 1.82. The summed E-state index contributed by atoms with van der Waals surface area (Å²) in [7, 11) is 0. The van der Waals surface area contributed by atoms with Gasteiger partial charge in [0.05, 0.1) is 6.10 Å². The van der Waals surface area contributed by atoms with Crippen molar-refractivity contribution in [3.63, 3.8) is 0 Å². The number of rotatable bonds is 6. The molecule has 1 aromatic rings. The van der Waals surface area contributed by atoms with Crippen LogP contribution < -0.4 is 0 Å². The third kappa shape index (κ3) is 4.09. The molecule has 17 heavy (non-hydrogen) atoms. The Kier molecular flexibility index (Phi) is 6.18. The summed E-state index contributed by atoms with van der Waals surface area (Å²) < 4.78 is 6.29. The van der Waals surface area contributed by atoms with Crippen LogP contribution in [0.1, 0.15) is 25.0 Å². The Labute approximate surface area is 114 Å². The molecule has 0 radical (unpaired) electrons. The number of ether oxygens (including phenoxy) is 1. The van der Waals surface area contributed by atoms with Crippen LogP contribution in [-0.4, -0.2) is 34.6 Å². The van der Waals surface area contributed by atoms with E-state index in [4.69, 9.17) is 9.84 Å². The Morgan fingerprint density at radius 3 is 2.71 bits per heavy atom. The van der Waals surface area contributed by atoms with Crippen molar-refractivity contribution >= 4 is 22.6 Å². The number of hydrogen-bond donors (Lipinski definition) is 3. The molecular weight excluding hydrogens is 335 g/mol. The zero-order valence-corrected chi connectivity index (χ0v) is 11.8. The van der Waals surface area contributed by atoms with Crippen molar-refractivity contribution in [1.29, 1.82) is 0 Å². The second-order valence-corrected chi connectivity index (χ2v) is 4.90. The van der Waals surface area contributed by atoms with Gasteiger partial charge < -0.3 is 20.1 Å². The van der Waals surface area contributed by atoms with Crippen molar-refractivity contribution in [3.8, 4) is 5.75 Å². The second-order valence-electron chi connectivity index (χ2n) is 3.65.